The molecule has 3 aromatic rings. The van der Waals surface area contributed by atoms with E-state index in [4.69, 9.17) is 11.5 Å². The van der Waals surface area contributed by atoms with Crippen LogP contribution in [0.4, 0.5) is 17.2 Å². The molecule has 1 aliphatic carbocycles. The van der Waals surface area contributed by atoms with E-state index < -0.39 is 5.91 Å². The third-order valence-corrected chi connectivity index (χ3v) is 5.17. The van der Waals surface area contributed by atoms with Crippen LogP contribution >= 0.6 is 0 Å². The molecule has 1 saturated carbocycles. The second-order valence-electron chi connectivity index (χ2n) is 7.29. The maximum atomic E-state index is 11.8. The molecule has 0 aliphatic heterocycles. The molecule has 8 nitrogen and oxygen atoms in total. The number of amides is 1. The number of pyridine rings is 1. The lowest BCUT2D eigenvalue weighted by atomic mass is 9.91. The van der Waals surface area contributed by atoms with Gasteiger partial charge in [-0.25, -0.2) is 9.67 Å². The van der Waals surface area contributed by atoms with Crippen molar-refractivity contribution in [1.82, 2.24) is 14.8 Å². The van der Waals surface area contributed by atoms with Crippen molar-refractivity contribution in [3.63, 3.8) is 0 Å². The number of nitrogens with one attached hydrogen (secondary N) is 2. The van der Waals surface area contributed by atoms with Crippen LogP contribution in [0.5, 0.6) is 0 Å². The van der Waals surface area contributed by atoms with Crippen molar-refractivity contribution in [2.24, 2.45) is 11.5 Å². The van der Waals surface area contributed by atoms with Crippen LogP contribution in [0.2, 0.25) is 0 Å². The lowest BCUT2D eigenvalue weighted by Gasteiger charge is -2.30. The predicted molar refractivity (Wildman–Crippen MR) is 113 cm³/mol. The highest BCUT2D eigenvalue weighted by molar-refractivity contribution is 5.97. The van der Waals surface area contributed by atoms with Gasteiger partial charge >= 0.3 is 0 Å². The molecule has 0 radical (unpaired) electrons. The van der Waals surface area contributed by atoms with E-state index in [0.717, 1.165) is 37.1 Å². The number of primary amides is 1. The van der Waals surface area contributed by atoms with Crippen LogP contribution in [0.3, 0.4) is 0 Å². The first-order chi connectivity index (χ1) is 14.1. The standard InChI is InChI=1S/C21H25N7O/c22-16-8-4-5-9-17(16)25-14-12-18(20(21(23)29)24-13-14)26-19-10-11-28(27-19)15-6-2-1-3-7-15/h1-3,6-7,10-13,16-17,25H,4-5,8-9,22H2,(H2,23,29)(H,26,27)/t16-,17+/m0/s1. The smallest absolute Gasteiger partial charge is 0.269 e. The van der Waals surface area contributed by atoms with Gasteiger partial charge in [0.1, 0.15) is 0 Å². The lowest BCUT2D eigenvalue weighted by Crippen LogP contribution is -2.42. The van der Waals surface area contributed by atoms with Crippen molar-refractivity contribution in [1.29, 1.82) is 0 Å². The summed E-state index contributed by atoms with van der Waals surface area (Å²) < 4.78 is 1.75. The molecule has 2 heterocycles. The van der Waals surface area contributed by atoms with Crippen LogP contribution in [0, 0.1) is 0 Å². The Morgan fingerprint density at radius 1 is 1.14 bits per heavy atom. The zero-order valence-corrected chi connectivity index (χ0v) is 16.1. The van der Waals surface area contributed by atoms with Crippen LogP contribution in [-0.4, -0.2) is 32.8 Å². The molecule has 0 spiro atoms. The maximum Gasteiger partial charge on any atom is 0.269 e. The zero-order chi connectivity index (χ0) is 20.2. The third-order valence-electron chi connectivity index (χ3n) is 5.17. The minimum Gasteiger partial charge on any atom is -0.379 e. The monoisotopic (exact) mass is 391 g/mol. The van der Waals surface area contributed by atoms with Crippen molar-refractivity contribution in [2.45, 2.75) is 37.8 Å². The molecule has 0 unspecified atom stereocenters. The van der Waals surface area contributed by atoms with Gasteiger partial charge in [0.2, 0.25) is 0 Å². The van der Waals surface area contributed by atoms with Crippen molar-refractivity contribution < 1.29 is 4.79 Å². The van der Waals surface area contributed by atoms with Gasteiger partial charge in [-0.3, -0.25) is 4.79 Å². The van der Waals surface area contributed by atoms with Gasteiger partial charge in [0.25, 0.3) is 5.91 Å². The summed E-state index contributed by atoms with van der Waals surface area (Å²) in [6, 6.07) is 13.7. The summed E-state index contributed by atoms with van der Waals surface area (Å²) in [6.07, 6.45) is 7.80. The first-order valence-electron chi connectivity index (χ1n) is 9.80. The van der Waals surface area contributed by atoms with E-state index in [-0.39, 0.29) is 17.8 Å². The first kappa shape index (κ1) is 18.9. The van der Waals surface area contributed by atoms with Gasteiger partial charge < -0.3 is 22.1 Å². The normalized spacial score (nSPS) is 18.9. The number of hydrogen-bond donors (Lipinski definition) is 4. The van der Waals surface area contributed by atoms with Gasteiger partial charge in [0.05, 0.1) is 23.3 Å². The van der Waals surface area contributed by atoms with Crippen molar-refractivity contribution in [3.05, 3.63) is 60.6 Å². The fourth-order valence-corrected chi connectivity index (χ4v) is 3.64. The zero-order valence-electron chi connectivity index (χ0n) is 16.1. The summed E-state index contributed by atoms with van der Waals surface area (Å²) in [5.41, 5.74) is 14.2. The fourth-order valence-electron chi connectivity index (χ4n) is 3.64. The molecule has 6 N–H and O–H groups in total. The van der Waals surface area contributed by atoms with E-state index >= 15 is 0 Å². The summed E-state index contributed by atoms with van der Waals surface area (Å²) >= 11 is 0. The Morgan fingerprint density at radius 3 is 2.69 bits per heavy atom. The molecular formula is C21H25N7O. The first-order valence-corrected chi connectivity index (χ1v) is 9.80. The van der Waals surface area contributed by atoms with Crippen molar-refractivity contribution in [3.8, 4) is 5.69 Å². The second-order valence-corrected chi connectivity index (χ2v) is 7.29. The Labute approximate surface area is 169 Å². The number of nitrogens with zero attached hydrogens (tertiary/aromatic N) is 3. The Hall–Kier alpha value is -3.39. The van der Waals surface area contributed by atoms with Gasteiger partial charge in [-0.2, -0.15) is 5.10 Å². The number of aromatic nitrogens is 3. The molecule has 2 aromatic heterocycles. The van der Waals surface area contributed by atoms with Gasteiger partial charge in [0.15, 0.2) is 11.5 Å². The molecule has 150 valence electrons. The van der Waals surface area contributed by atoms with E-state index in [1.807, 2.05) is 48.7 Å². The largest absolute Gasteiger partial charge is 0.379 e. The summed E-state index contributed by atoms with van der Waals surface area (Å²) in [4.78, 5) is 16.1. The van der Waals surface area contributed by atoms with E-state index in [1.54, 1.807) is 10.9 Å². The van der Waals surface area contributed by atoms with Crippen LogP contribution in [0.25, 0.3) is 5.69 Å². The molecule has 2 atom stereocenters. The van der Waals surface area contributed by atoms with Gasteiger partial charge in [0, 0.05) is 24.3 Å². The number of nitrogens with two attached hydrogens (primary N) is 2. The molecule has 0 bridgehead atoms. The molecule has 0 saturated heterocycles. The van der Waals surface area contributed by atoms with Crippen LogP contribution in [0.15, 0.2) is 54.9 Å². The highest BCUT2D eigenvalue weighted by Gasteiger charge is 2.22. The molecular weight excluding hydrogens is 366 g/mol. The van der Waals surface area contributed by atoms with Crippen LogP contribution in [0.1, 0.15) is 36.2 Å². The van der Waals surface area contributed by atoms with E-state index in [1.165, 1.54) is 0 Å². The lowest BCUT2D eigenvalue weighted by molar-refractivity contribution is 0.0996. The highest BCUT2D eigenvalue weighted by atomic mass is 16.1. The van der Waals surface area contributed by atoms with Crippen LogP contribution in [-0.2, 0) is 0 Å². The third kappa shape index (κ3) is 4.38. The van der Waals surface area contributed by atoms with Crippen molar-refractivity contribution in [2.75, 3.05) is 10.6 Å². The predicted octanol–water partition coefficient (Wildman–Crippen LogP) is 2.79. The number of hydrogen-bond acceptors (Lipinski definition) is 6. The molecule has 1 aromatic carbocycles. The van der Waals surface area contributed by atoms with E-state index in [9.17, 15) is 4.79 Å². The Morgan fingerprint density at radius 2 is 1.93 bits per heavy atom. The average molecular weight is 391 g/mol. The minimum atomic E-state index is -0.601. The summed E-state index contributed by atoms with van der Waals surface area (Å²) in [5, 5.41) is 11.1. The Bertz CT molecular complexity index is 986. The number of carbonyl (C=O) groups is 1. The average Bonchev–Trinajstić information content (AvgIpc) is 3.19. The number of carbonyl (C=O) groups excluding carboxylic acids is 1. The molecule has 1 fully saturated rings. The summed E-state index contributed by atoms with van der Waals surface area (Å²) in [7, 11) is 0. The topological polar surface area (TPSA) is 124 Å². The summed E-state index contributed by atoms with van der Waals surface area (Å²) in [5.74, 6) is -0.0134. The maximum absolute atomic E-state index is 11.8. The van der Waals surface area contributed by atoms with Gasteiger partial charge in [-0.05, 0) is 31.0 Å². The van der Waals surface area contributed by atoms with E-state index in [0.29, 0.717) is 11.5 Å². The number of rotatable bonds is 6. The molecule has 1 amide bonds. The Balaban J connectivity index is 1.57. The Kier molecular flexibility index (Phi) is 5.44. The summed E-state index contributed by atoms with van der Waals surface area (Å²) in [6.45, 7) is 0. The SMILES string of the molecule is NC(=O)c1ncc(N[C@@H]2CCCC[C@@H]2N)cc1Nc1ccn(-c2ccccc2)n1. The number of benzene rings is 1. The van der Waals surface area contributed by atoms with Crippen LogP contribution < -0.4 is 22.1 Å². The second kappa shape index (κ2) is 8.32. The molecule has 29 heavy (non-hydrogen) atoms. The van der Waals surface area contributed by atoms with Gasteiger partial charge in [-0.1, -0.05) is 31.0 Å². The fraction of sp³-hybridized carbons (Fsp3) is 0.286. The number of anilines is 3. The quantitative estimate of drug-likeness (QED) is 0.512. The molecule has 1 aliphatic rings. The minimum absolute atomic E-state index is 0.109. The van der Waals surface area contributed by atoms with E-state index in [2.05, 4.69) is 20.7 Å². The van der Waals surface area contributed by atoms with Crippen molar-refractivity contribution >= 4 is 23.1 Å². The van der Waals surface area contributed by atoms with Gasteiger partial charge in [-0.15, -0.1) is 0 Å². The number of para-hydroxylation sites is 1. The molecule has 8 heteroatoms. The molecule has 4 rings (SSSR count). The highest BCUT2D eigenvalue weighted by Crippen LogP contribution is 2.25.